The maximum absolute atomic E-state index is 13.4. The predicted molar refractivity (Wildman–Crippen MR) is 176 cm³/mol. The van der Waals surface area contributed by atoms with Gasteiger partial charge in [-0.1, -0.05) is 71.5 Å². The normalized spacial score (nSPS) is 12.0. The number of rotatable bonds is 9. The van der Waals surface area contributed by atoms with Crippen molar-refractivity contribution in [3.8, 4) is 0 Å². The van der Waals surface area contributed by atoms with Crippen LogP contribution in [0.5, 0.6) is 0 Å². The van der Waals surface area contributed by atoms with E-state index in [4.69, 9.17) is 0 Å². The molecule has 1 aromatic heterocycles. The summed E-state index contributed by atoms with van der Waals surface area (Å²) in [5.41, 5.74) is 4.89. The molecule has 0 aliphatic rings. The molecule has 0 spiro atoms. The fourth-order valence-electron chi connectivity index (χ4n) is 4.26. The van der Waals surface area contributed by atoms with Gasteiger partial charge in [-0.05, 0) is 80.4 Å². The van der Waals surface area contributed by atoms with Crippen molar-refractivity contribution < 1.29 is 14.4 Å². The van der Waals surface area contributed by atoms with E-state index in [0.717, 1.165) is 31.8 Å². The molecule has 7 nitrogen and oxygen atoms in total. The van der Waals surface area contributed by atoms with E-state index in [0.29, 0.717) is 16.4 Å². The van der Waals surface area contributed by atoms with Crippen LogP contribution in [0.4, 0.5) is 10.8 Å². The molecule has 5 aromatic rings. The molecule has 0 radical (unpaired) electrons. The van der Waals surface area contributed by atoms with E-state index < -0.39 is 11.2 Å². The van der Waals surface area contributed by atoms with Gasteiger partial charge in [0.05, 0.1) is 15.5 Å². The summed E-state index contributed by atoms with van der Waals surface area (Å²) in [7, 11) is 0. The molecular formula is C34H30N4O3S2. The van der Waals surface area contributed by atoms with Crippen LogP contribution in [0.3, 0.4) is 0 Å². The maximum Gasteiger partial charge on any atom is 0.272 e. The molecule has 1 atom stereocenters. The van der Waals surface area contributed by atoms with E-state index in [-0.39, 0.29) is 17.5 Å². The minimum atomic E-state index is -0.468. The molecule has 0 aliphatic heterocycles. The topological polar surface area (TPSA) is 100 Å². The Morgan fingerprint density at radius 1 is 0.837 bits per heavy atom. The number of carbonyl (C=O) groups excluding carboxylic acids is 3. The van der Waals surface area contributed by atoms with Crippen molar-refractivity contribution in [2.75, 3.05) is 10.6 Å². The predicted octanol–water partition coefficient (Wildman–Crippen LogP) is 7.44. The average molecular weight is 607 g/mol. The first-order valence-corrected chi connectivity index (χ1v) is 15.3. The van der Waals surface area contributed by atoms with Crippen LogP contribution < -0.4 is 16.0 Å². The number of nitrogens with one attached hydrogen (secondary N) is 3. The van der Waals surface area contributed by atoms with Crippen LogP contribution in [0.2, 0.25) is 0 Å². The molecule has 0 fully saturated rings. The summed E-state index contributed by atoms with van der Waals surface area (Å²) in [6, 6.07) is 29.6. The SMILES string of the molecule is Cc1cccc(/C=C(/NC(=O)c2ccccc2)C(=O)Nc2cccc(SC(C)C(=O)Nc3nc4ccc(C)cc4s3)c2)c1. The summed E-state index contributed by atoms with van der Waals surface area (Å²) in [5, 5.41) is 8.72. The van der Waals surface area contributed by atoms with Crippen molar-refractivity contribution >= 4 is 67.9 Å². The average Bonchev–Trinajstić information content (AvgIpc) is 3.38. The van der Waals surface area contributed by atoms with Gasteiger partial charge in [-0.2, -0.15) is 0 Å². The van der Waals surface area contributed by atoms with Gasteiger partial charge in [0.25, 0.3) is 11.8 Å². The summed E-state index contributed by atoms with van der Waals surface area (Å²) in [6.07, 6.45) is 1.65. The molecular weight excluding hydrogens is 577 g/mol. The second-order valence-corrected chi connectivity index (χ2v) is 12.5. The van der Waals surface area contributed by atoms with Crippen LogP contribution >= 0.6 is 23.1 Å². The van der Waals surface area contributed by atoms with E-state index in [1.54, 1.807) is 42.5 Å². The van der Waals surface area contributed by atoms with Gasteiger partial charge >= 0.3 is 0 Å². The lowest BCUT2D eigenvalue weighted by Gasteiger charge is -2.14. The van der Waals surface area contributed by atoms with Crippen LogP contribution in [0.25, 0.3) is 16.3 Å². The Balaban J connectivity index is 1.28. The number of hydrogen-bond donors (Lipinski definition) is 3. The number of benzene rings is 4. The van der Waals surface area contributed by atoms with Crippen LogP contribution in [0.1, 0.15) is 34.0 Å². The summed E-state index contributed by atoms with van der Waals surface area (Å²) in [4.78, 5) is 44.6. The number of carbonyl (C=O) groups is 3. The van der Waals surface area contributed by atoms with E-state index in [9.17, 15) is 14.4 Å². The first-order chi connectivity index (χ1) is 20.7. The Morgan fingerprint density at radius 3 is 2.40 bits per heavy atom. The van der Waals surface area contributed by atoms with Gasteiger partial charge in [0, 0.05) is 16.1 Å². The molecule has 5 rings (SSSR count). The van der Waals surface area contributed by atoms with Crippen molar-refractivity contribution in [2.24, 2.45) is 0 Å². The molecule has 9 heteroatoms. The highest BCUT2D eigenvalue weighted by atomic mass is 32.2. The van der Waals surface area contributed by atoms with Gasteiger partial charge in [-0.15, -0.1) is 11.8 Å². The molecule has 216 valence electrons. The minimum Gasteiger partial charge on any atom is -0.321 e. The summed E-state index contributed by atoms with van der Waals surface area (Å²) < 4.78 is 1.02. The van der Waals surface area contributed by atoms with Crippen LogP contribution in [-0.4, -0.2) is 28.0 Å². The van der Waals surface area contributed by atoms with E-state index >= 15 is 0 Å². The Hall–Kier alpha value is -4.73. The largest absolute Gasteiger partial charge is 0.321 e. The molecule has 1 unspecified atom stereocenters. The summed E-state index contributed by atoms with van der Waals surface area (Å²) in [6.45, 7) is 5.81. The zero-order valence-corrected chi connectivity index (χ0v) is 25.5. The number of thioether (sulfide) groups is 1. The second kappa shape index (κ2) is 13.5. The van der Waals surface area contributed by atoms with Crippen molar-refractivity contribution in [3.05, 3.63) is 125 Å². The van der Waals surface area contributed by atoms with E-state index in [1.165, 1.54) is 23.1 Å². The maximum atomic E-state index is 13.4. The molecule has 43 heavy (non-hydrogen) atoms. The van der Waals surface area contributed by atoms with E-state index in [1.807, 2.05) is 75.4 Å². The highest BCUT2D eigenvalue weighted by molar-refractivity contribution is 8.00. The molecule has 4 aromatic carbocycles. The highest BCUT2D eigenvalue weighted by Crippen LogP contribution is 2.30. The third-order valence-corrected chi connectivity index (χ3v) is 8.46. The monoisotopic (exact) mass is 606 g/mol. The zero-order chi connectivity index (χ0) is 30.3. The van der Waals surface area contributed by atoms with Gasteiger partial charge in [0.2, 0.25) is 5.91 Å². The third kappa shape index (κ3) is 7.97. The Kier molecular flexibility index (Phi) is 9.34. The van der Waals surface area contributed by atoms with Gasteiger partial charge < -0.3 is 16.0 Å². The molecule has 0 saturated carbocycles. The zero-order valence-electron chi connectivity index (χ0n) is 23.9. The van der Waals surface area contributed by atoms with Gasteiger partial charge in [-0.3, -0.25) is 14.4 Å². The molecule has 0 saturated heterocycles. The molecule has 1 heterocycles. The van der Waals surface area contributed by atoms with Gasteiger partial charge in [0.1, 0.15) is 5.70 Å². The van der Waals surface area contributed by atoms with E-state index in [2.05, 4.69) is 27.0 Å². The Bertz CT molecular complexity index is 1830. The number of aryl methyl sites for hydroxylation is 2. The lowest BCUT2D eigenvalue weighted by Crippen LogP contribution is -2.30. The first-order valence-electron chi connectivity index (χ1n) is 13.6. The number of hydrogen-bond acceptors (Lipinski definition) is 6. The number of nitrogens with zero attached hydrogens (tertiary/aromatic N) is 1. The van der Waals surface area contributed by atoms with Crippen molar-refractivity contribution in [2.45, 2.75) is 30.9 Å². The second-order valence-electron chi connectivity index (χ2n) is 10.0. The van der Waals surface area contributed by atoms with Gasteiger partial charge in [0.15, 0.2) is 5.13 Å². The quantitative estimate of drug-likeness (QED) is 0.120. The van der Waals surface area contributed by atoms with Crippen LogP contribution in [0.15, 0.2) is 108 Å². The standard InChI is InChI=1S/C34H30N4O3S2/c1-21-9-7-10-24(17-21)19-29(36-32(40)25-11-5-4-6-12-25)33(41)35-26-13-8-14-27(20-26)42-23(3)31(39)38-34-37-28-16-15-22(2)18-30(28)43-34/h4-20,23H,1-3H3,(H,35,41)(H,36,40)(H,37,38,39)/b29-19+. The molecule has 3 amide bonds. The third-order valence-electron chi connectivity index (χ3n) is 6.43. The van der Waals surface area contributed by atoms with Crippen molar-refractivity contribution in [1.29, 1.82) is 0 Å². The fraction of sp³-hybridized carbons (Fsp3) is 0.118. The minimum absolute atomic E-state index is 0.108. The number of amides is 3. The lowest BCUT2D eigenvalue weighted by atomic mass is 10.1. The summed E-state index contributed by atoms with van der Waals surface area (Å²) in [5.74, 6) is -1.02. The molecule has 0 bridgehead atoms. The van der Waals surface area contributed by atoms with Crippen molar-refractivity contribution in [3.63, 3.8) is 0 Å². The van der Waals surface area contributed by atoms with Crippen molar-refractivity contribution in [1.82, 2.24) is 10.3 Å². The number of anilines is 2. The number of aromatic nitrogens is 1. The smallest absolute Gasteiger partial charge is 0.272 e. The number of fused-ring (bicyclic) bond motifs is 1. The fourth-order valence-corrected chi connectivity index (χ4v) is 6.16. The van der Waals surface area contributed by atoms with Crippen LogP contribution in [0, 0.1) is 13.8 Å². The molecule has 0 aliphatic carbocycles. The van der Waals surface area contributed by atoms with Crippen LogP contribution in [-0.2, 0) is 9.59 Å². The number of thiazole rings is 1. The van der Waals surface area contributed by atoms with Gasteiger partial charge in [-0.25, -0.2) is 4.98 Å². The lowest BCUT2D eigenvalue weighted by molar-refractivity contribution is -0.115. The Morgan fingerprint density at radius 2 is 1.60 bits per heavy atom. The summed E-state index contributed by atoms with van der Waals surface area (Å²) >= 11 is 2.82. The molecule has 3 N–H and O–H groups in total. The Labute approximate surface area is 258 Å². The highest BCUT2D eigenvalue weighted by Gasteiger charge is 2.18. The first kappa shape index (κ1) is 29.8.